The maximum absolute atomic E-state index is 11.6. The molecule has 0 saturated heterocycles. The molecule has 1 aromatic carbocycles. The molecule has 6 heteroatoms. The number of hydrazone groups is 1. The second-order valence-corrected chi connectivity index (χ2v) is 4.06. The average molecular weight is 259 g/mol. The smallest absolute Gasteiger partial charge is 0.282 e. The molecule has 0 aliphatic rings. The Balaban J connectivity index is 1.88. The summed E-state index contributed by atoms with van der Waals surface area (Å²) in [7, 11) is 0. The fourth-order valence-electron chi connectivity index (χ4n) is 1.59. The van der Waals surface area contributed by atoms with Crippen molar-refractivity contribution in [1.82, 2.24) is 10.4 Å². The van der Waals surface area contributed by atoms with E-state index in [0.29, 0.717) is 5.56 Å². The lowest BCUT2D eigenvalue weighted by atomic mass is 10.2. The second kappa shape index (κ2) is 5.81. The van der Waals surface area contributed by atoms with Crippen molar-refractivity contribution in [2.75, 3.05) is 0 Å². The van der Waals surface area contributed by atoms with Gasteiger partial charge in [-0.15, -0.1) is 0 Å². The Kier molecular flexibility index (Phi) is 3.92. The first kappa shape index (κ1) is 12.8. The van der Waals surface area contributed by atoms with Gasteiger partial charge >= 0.3 is 0 Å². The van der Waals surface area contributed by atoms with E-state index in [1.165, 1.54) is 6.21 Å². The molecule has 0 bridgehead atoms. The minimum Gasteiger partial charge on any atom is -0.508 e. The van der Waals surface area contributed by atoms with Gasteiger partial charge in [0.25, 0.3) is 11.7 Å². The molecule has 6 nitrogen and oxygen atoms in total. The summed E-state index contributed by atoms with van der Waals surface area (Å²) in [4.78, 5) is 14.6. The van der Waals surface area contributed by atoms with Gasteiger partial charge in [-0.3, -0.25) is 4.79 Å². The summed E-state index contributed by atoms with van der Waals surface area (Å²) in [6.07, 6.45) is 5.03. The number of nitrogens with zero attached hydrogens (tertiary/aromatic N) is 2. The summed E-state index contributed by atoms with van der Waals surface area (Å²) in [5.74, 6) is 0.838. The van der Waals surface area contributed by atoms with E-state index in [4.69, 9.17) is 0 Å². The van der Waals surface area contributed by atoms with Gasteiger partial charge in [-0.1, -0.05) is 12.1 Å². The zero-order valence-electron chi connectivity index (χ0n) is 10.5. The molecule has 0 aliphatic heterocycles. The van der Waals surface area contributed by atoms with Crippen LogP contribution >= 0.6 is 0 Å². The highest BCUT2D eigenvalue weighted by Crippen LogP contribution is 2.08. The van der Waals surface area contributed by atoms with Crippen LogP contribution in [0.4, 0.5) is 0 Å². The predicted octanol–water partition coefficient (Wildman–Crippen LogP) is 0.467. The van der Waals surface area contributed by atoms with Crippen molar-refractivity contribution in [3.8, 4) is 5.75 Å². The summed E-state index contributed by atoms with van der Waals surface area (Å²) in [6, 6.07) is 6.61. The molecular weight excluding hydrogens is 244 g/mol. The highest BCUT2D eigenvalue weighted by atomic mass is 16.3. The van der Waals surface area contributed by atoms with Crippen LogP contribution in [-0.4, -0.2) is 22.2 Å². The molecule has 1 heterocycles. The summed E-state index contributed by atoms with van der Waals surface area (Å²) in [5, 5.41) is 13.1. The lowest BCUT2D eigenvalue weighted by Gasteiger charge is -1.98. The number of amides is 1. The number of phenolic OH excluding ortho intramolecular Hbond substituents is 1. The van der Waals surface area contributed by atoms with E-state index >= 15 is 0 Å². The van der Waals surface area contributed by atoms with Crippen LogP contribution in [-0.2, 0) is 11.3 Å². The first-order valence-electron chi connectivity index (χ1n) is 5.79. The van der Waals surface area contributed by atoms with Gasteiger partial charge in [0, 0.05) is 6.92 Å². The third kappa shape index (κ3) is 3.67. The quantitative estimate of drug-likeness (QED) is 0.424. The molecule has 1 aromatic heterocycles. The first-order chi connectivity index (χ1) is 9.15. The Morgan fingerprint density at radius 3 is 3.11 bits per heavy atom. The van der Waals surface area contributed by atoms with Gasteiger partial charge in [0.15, 0.2) is 6.54 Å². The number of aromatic amines is 1. The van der Waals surface area contributed by atoms with Crippen molar-refractivity contribution >= 4 is 12.1 Å². The molecule has 98 valence electrons. The molecule has 19 heavy (non-hydrogen) atoms. The van der Waals surface area contributed by atoms with Crippen LogP contribution in [0, 0.1) is 6.92 Å². The fraction of sp³-hybridized carbons (Fsp3) is 0.154. The number of aromatic hydroxyl groups is 1. The summed E-state index contributed by atoms with van der Waals surface area (Å²) >= 11 is 0. The number of nitrogens with one attached hydrogen (secondary N) is 2. The maximum atomic E-state index is 11.6. The minimum absolute atomic E-state index is 0.161. The molecule has 2 aromatic rings. The molecule has 0 aliphatic carbocycles. The zero-order chi connectivity index (χ0) is 13.7. The van der Waals surface area contributed by atoms with Crippen molar-refractivity contribution < 1.29 is 14.5 Å². The Morgan fingerprint density at radius 2 is 2.42 bits per heavy atom. The zero-order valence-corrected chi connectivity index (χ0v) is 10.5. The molecule has 0 unspecified atom stereocenters. The van der Waals surface area contributed by atoms with Crippen LogP contribution in [0.5, 0.6) is 5.75 Å². The third-order valence-corrected chi connectivity index (χ3v) is 2.56. The number of phenols is 1. The van der Waals surface area contributed by atoms with Crippen LogP contribution < -0.4 is 9.99 Å². The van der Waals surface area contributed by atoms with E-state index in [0.717, 1.165) is 5.82 Å². The van der Waals surface area contributed by atoms with Crippen LogP contribution in [0.2, 0.25) is 0 Å². The van der Waals surface area contributed by atoms with Crippen molar-refractivity contribution in [3.05, 3.63) is 48.0 Å². The van der Waals surface area contributed by atoms with Crippen molar-refractivity contribution in [3.63, 3.8) is 0 Å². The number of hydrogen-bond donors (Lipinski definition) is 3. The van der Waals surface area contributed by atoms with Crippen LogP contribution in [0.3, 0.4) is 0 Å². The molecule has 3 N–H and O–H groups in total. The number of aryl methyl sites for hydroxylation is 1. The van der Waals surface area contributed by atoms with Crippen molar-refractivity contribution in [1.29, 1.82) is 0 Å². The van der Waals surface area contributed by atoms with Crippen LogP contribution in [0.15, 0.2) is 41.8 Å². The number of rotatable bonds is 4. The second-order valence-electron chi connectivity index (χ2n) is 4.06. The van der Waals surface area contributed by atoms with Crippen LogP contribution in [0.25, 0.3) is 0 Å². The van der Waals surface area contributed by atoms with E-state index in [-0.39, 0.29) is 18.2 Å². The summed E-state index contributed by atoms with van der Waals surface area (Å²) in [5.41, 5.74) is 3.14. The Morgan fingerprint density at radius 1 is 1.58 bits per heavy atom. The van der Waals surface area contributed by atoms with Gasteiger partial charge in [0.1, 0.15) is 18.1 Å². The number of hydrogen-bond acceptors (Lipinski definition) is 3. The minimum atomic E-state index is -0.218. The fourth-order valence-corrected chi connectivity index (χ4v) is 1.59. The lowest BCUT2D eigenvalue weighted by molar-refractivity contribution is -0.689. The van der Waals surface area contributed by atoms with Crippen molar-refractivity contribution in [2.24, 2.45) is 5.10 Å². The average Bonchev–Trinajstić information content (AvgIpc) is 2.75. The van der Waals surface area contributed by atoms with E-state index in [1.54, 1.807) is 41.2 Å². The molecule has 1 amide bonds. The van der Waals surface area contributed by atoms with E-state index < -0.39 is 0 Å². The number of carbonyl (C=O) groups is 1. The lowest BCUT2D eigenvalue weighted by Crippen LogP contribution is -2.42. The number of imidazole rings is 1. The van der Waals surface area contributed by atoms with Gasteiger partial charge in [-0.05, 0) is 17.7 Å². The highest BCUT2D eigenvalue weighted by Gasteiger charge is 2.09. The Labute approximate surface area is 110 Å². The van der Waals surface area contributed by atoms with Gasteiger partial charge in [-0.25, -0.2) is 15.0 Å². The topological polar surface area (TPSA) is 81.4 Å². The summed E-state index contributed by atoms with van der Waals surface area (Å²) < 4.78 is 1.78. The molecule has 0 atom stereocenters. The molecule has 2 rings (SSSR count). The number of H-pyrrole nitrogens is 1. The van der Waals surface area contributed by atoms with Gasteiger partial charge in [0.2, 0.25) is 0 Å². The predicted molar refractivity (Wildman–Crippen MR) is 69.6 cm³/mol. The normalized spacial score (nSPS) is 10.8. The van der Waals surface area contributed by atoms with Crippen LogP contribution in [0.1, 0.15) is 11.4 Å². The van der Waals surface area contributed by atoms with Gasteiger partial charge in [0.05, 0.1) is 6.21 Å². The first-order valence-corrected chi connectivity index (χ1v) is 5.79. The molecule has 0 fully saturated rings. The van der Waals surface area contributed by atoms with E-state index in [1.807, 2.05) is 6.92 Å². The van der Waals surface area contributed by atoms with Gasteiger partial charge < -0.3 is 5.11 Å². The molecule has 0 saturated carbocycles. The van der Waals surface area contributed by atoms with Crippen molar-refractivity contribution in [2.45, 2.75) is 13.5 Å². The Bertz CT molecular complexity index is 604. The third-order valence-electron chi connectivity index (χ3n) is 2.56. The molecule has 0 radical (unpaired) electrons. The standard InChI is InChI=1S/C13H14N4O2/c1-10-14-5-6-17(10)9-13(19)16-15-8-11-3-2-4-12(18)7-11/h2-8H,9H2,1H3,(H2,16,18,19)/p+1. The number of aromatic nitrogens is 2. The molecular formula is C13H15N4O2+. The number of benzene rings is 1. The molecule has 0 spiro atoms. The number of carbonyl (C=O) groups excluding carboxylic acids is 1. The monoisotopic (exact) mass is 259 g/mol. The highest BCUT2D eigenvalue weighted by molar-refractivity contribution is 5.82. The largest absolute Gasteiger partial charge is 0.508 e. The van der Waals surface area contributed by atoms with E-state index in [2.05, 4.69) is 15.5 Å². The SMILES string of the molecule is Cc1[nH]cc[n+]1CC(=O)NN=Cc1cccc(O)c1. The maximum Gasteiger partial charge on any atom is 0.282 e. The van der Waals surface area contributed by atoms with E-state index in [9.17, 15) is 9.90 Å². The van der Waals surface area contributed by atoms with Gasteiger partial charge in [-0.2, -0.15) is 5.10 Å². The Hall–Kier alpha value is -2.63. The summed E-state index contributed by atoms with van der Waals surface area (Å²) in [6.45, 7) is 2.08.